The first kappa shape index (κ1) is 11.1. The van der Waals surface area contributed by atoms with E-state index in [2.05, 4.69) is 26.8 Å². The third-order valence-corrected chi connectivity index (χ3v) is 2.38. The van der Waals surface area contributed by atoms with E-state index in [9.17, 15) is 0 Å². The molecule has 0 amide bonds. The van der Waals surface area contributed by atoms with Crippen LogP contribution in [0.3, 0.4) is 0 Å². The van der Waals surface area contributed by atoms with Crippen molar-refractivity contribution in [2.24, 2.45) is 5.73 Å². The highest BCUT2D eigenvalue weighted by molar-refractivity contribution is 5.36. The fourth-order valence-corrected chi connectivity index (χ4v) is 1.27. The highest BCUT2D eigenvalue weighted by Gasteiger charge is 2.04. The Morgan fingerprint density at radius 2 is 2.14 bits per heavy atom. The van der Waals surface area contributed by atoms with Gasteiger partial charge in [0, 0.05) is 6.54 Å². The zero-order valence-corrected chi connectivity index (χ0v) is 9.21. The molecule has 1 rings (SSSR count). The maximum absolute atomic E-state index is 5.75. The predicted molar refractivity (Wildman–Crippen MR) is 59.5 cm³/mol. The van der Waals surface area contributed by atoms with Crippen molar-refractivity contribution in [1.82, 2.24) is 0 Å². The van der Waals surface area contributed by atoms with Crippen molar-refractivity contribution < 1.29 is 4.74 Å². The zero-order valence-electron chi connectivity index (χ0n) is 9.21. The summed E-state index contributed by atoms with van der Waals surface area (Å²) in [7, 11) is 0. The molecule has 0 saturated heterocycles. The molecule has 1 atom stereocenters. The lowest BCUT2D eigenvalue weighted by Crippen LogP contribution is -2.10. The largest absolute Gasteiger partial charge is 0.490 e. The van der Waals surface area contributed by atoms with E-state index in [0.29, 0.717) is 6.54 Å². The van der Waals surface area contributed by atoms with Gasteiger partial charge >= 0.3 is 0 Å². The summed E-state index contributed by atoms with van der Waals surface area (Å²) in [6.45, 7) is 6.84. The summed E-state index contributed by atoms with van der Waals surface area (Å²) < 4.78 is 5.75. The van der Waals surface area contributed by atoms with E-state index in [1.54, 1.807) is 0 Å². The highest BCUT2D eigenvalue weighted by Crippen LogP contribution is 2.20. The van der Waals surface area contributed by atoms with Gasteiger partial charge in [0.05, 0.1) is 6.10 Å². The number of benzene rings is 1. The number of rotatable bonds is 4. The van der Waals surface area contributed by atoms with E-state index in [0.717, 1.165) is 23.3 Å². The van der Waals surface area contributed by atoms with Gasteiger partial charge in [-0.3, -0.25) is 0 Å². The van der Waals surface area contributed by atoms with Crippen molar-refractivity contribution >= 4 is 0 Å². The van der Waals surface area contributed by atoms with Crippen LogP contribution in [0, 0.1) is 6.92 Å². The SMILES string of the molecule is CCC(C)Oc1ccc(CN)cc1C. The van der Waals surface area contributed by atoms with Crippen LogP contribution in [0.2, 0.25) is 0 Å². The number of aryl methyl sites for hydroxylation is 1. The summed E-state index contributed by atoms with van der Waals surface area (Å²) in [6.07, 6.45) is 1.30. The van der Waals surface area contributed by atoms with Gasteiger partial charge in [-0.15, -0.1) is 0 Å². The Morgan fingerprint density at radius 1 is 1.43 bits per heavy atom. The van der Waals surface area contributed by atoms with Crippen LogP contribution in [-0.4, -0.2) is 6.10 Å². The van der Waals surface area contributed by atoms with Crippen LogP contribution in [0.25, 0.3) is 0 Å². The van der Waals surface area contributed by atoms with Crippen LogP contribution in [0.4, 0.5) is 0 Å². The van der Waals surface area contributed by atoms with Gasteiger partial charge in [0.15, 0.2) is 0 Å². The third kappa shape index (κ3) is 2.74. The molecule has 0 heterocycles. The van der Waals surface area contributed by atoms with Crippen LogP contribution in [0.15, 0.2) is 18.2 Å². The molecule has 2 N–H and O–H groups in total. The molecule has 0 fully saturated rings. The maximum atomic E-state index is 5.75. The molecule has 0 spiro atoms. The van der Waals surface area contributed by atoms with E-state index < -0.39 is 0 Å². The zero-order chi connectivity index (χ0) is 10.6. The maximum Gasteiger partial charge on any atom is 0.122 e. The van der Waals surface area contributed by atoms with Gasteiger partial charge < -0.3 is 10.5 Å². The average molecular weight is 193 g/mol. The summed E-state index contributed by atoms with van der Waals surface area (Å²) in [5, 5.41) is 0. The van der Waals surface area contributed by atoms with Gasteiger partial charge in [-0.2, -0.15) is 0 Å². The molecule has 0 radical (unpaired) electrons. The Bertz CT molecular complexity index is 296. The molecule has 14 heavy (non-hydrogen) atoms. The number of nitrogens with two attached hydrogens (primary N) is 1. The Hall–Kier alpha value is -1.02. The molecule has 0 saturated carbocycles. The van der Waals surface area contributed by atoms with E-state index in [1.165, 1.54) is 0 Å². The lowest BCUT2D eigenvalue weighted by Gasteiger charge is -2.15. The Labute approximate surface area is 86.1 Å². The Balaban J connectivity index is 2.78. The molecule has 1 unspecified atom stereocenters. The van der Waals surface area contributed by atoms with Crippen molar-refractivity contribution in [3.05, 3.63) is 29.3 Å². The minimum absolute atomic E-state index is 0.275. The molecule has 1 aromatic rings. The van der Waals surface area contributed by atoms with Crippen molar-refractivity contribution in [2.75, 3.05) is 0 Å². The number of hydrogen-bond donors (Lipinski definition) is 1. The molecule has 0 aliphatic carbocycles. The smallest absolute Gasteiger partial charge is 0.122 e. The first-order valence-electron chi connectivity index (χ1n) is 5.13. The van der Waals surface area contributed by atoms with Crippen molar-refractivity contribution in [1.29, 1.82) is 0 Å². The summed E-state index contributed by atoms with van der Waals surface area (Å²) in [4.78, 5) is 0. The number of hydrogen-bond acceptors (Lipinski definition) is 2. The van der Waals surface area contributed by atoms with Gasteiger partial charge in [-0.25, -0.2) is 0 Å². The molecule has 2 heteroatoms. The van der Waals surface area contributed by atoms with Crippen molar-refractivity contribution in [3.63, 3.8) is 0 Å². The second-order valence-electron chi connectivity index (χ2n) is 3.64. The minimum atomic E-state index is 0.275. The lowest BCUT2D eigenvalue weighted by atomic mass is 10.1. The second-order valence-corrected chi connectivity index (χ2v) is 3.64. The highest BCUT2D eigenvalue weighted by atomic mass is 16.5. The van der Waals surface area contributed by atoms with Crippen LogP contribution in [0.5, 0.6) is 5.75 Å². The summed E-state index contributed by atoms with van der Waals surface area (Å²) in [6, 6.07) is 6.10. The standard InChI is InChI=1S/C12H19NO/c1-4-10(3)14-12-6-5-11(8-13)7-9(12)2/h5-7,10H,4,8,13H2,1-3H3. The summed E-state index contributed by atoms with van der Waals surface area (Å²) in [5.41, 5.74) is 7.87. The van der Waals surface area contributed by atoms with Crippen LogP contribution in [0.1, 0.15) is 31.4 Å². The van der Waals surface area contributed by atoms with Crippen LogP contribution in [-0.2, 0) is 6.54 Å². The topological polar surface area (TPSA) is 35.2 Å². The minimum Gasteiger partial charge on any atom is -0.490 e. The monoisotopic (exact) mass is 193 g/mol. The predicted octanol–water partition coefficient (Wildman–Crippen LogP) is 2.63. The van der Waals surface area contributed by atoms with Crippen LogP contribution >= 0.6 is 0 Å². The normalized spacial score (nSPS) is 12.6. The van der Waals surface area contributed by atoms with E-state index in [4.69, 9.17) is 10.5 Å². The molecule has 0 aliphatic rings. The first-order valence-corrected chi connectivity index (χ1v) is 5.13. The van der Waals surface area contributed by atoms with E-state index >= 15 is 0 Å². The molecule has 0 bridgehead atoms. The second kappa shape index (κ2) is 5.01. The Morgan fingerprint density at radius 3 is 2.64 bits per heavy atom. The van der Waals surface area contributed by atoms with Gasteiger partial charge in [0.2, 0.25) is 0 Å². The van der Waals surface area contributed by atoms with Gasteiger partial charge in [0.25, 0.3) is 0 Å². The van der Waals surface area contributed by atoms with Crippen molar-refractivity contribution in [2.45, 2.75) is 39.8 Å². The molecule has 2 nitrogen and oxygen atoms in total. The van der Waals surface area contributed by atoms with Gasteiger partial charge in [0.1, 0.15) is 5.75 Å². The molecule has 1 aromatic carbocycles. The molecule has 0 aliphatic heterocycles. The molecule has 0 aromatic heterocycles. The summed E-state index contributed by atoms with van der Waals surface area (Å²) in [5.74, 6) is 0.969. The van der Waals surface area contributed by atoms with E-state index in [-0.39, 0.29) is 6.10 Å². The lowest BCUT2D eigenvalue weighted by molar-refractivity contribution is 0.216. The summed E-state index contributed by atoms with van der Waals surface area (Å²) >= 11 is 0. The molecular formula is C12H19NO. The quantitative estimate of drug-likeness (QED) is 0.797. The third-order valence-electron chi connectivity index (χ3n) is 2.38. The average Bonchev–Trinajstić information content (AvgIpc) is 2.20. The fourth-order valence-electron chi connectivity index (χ4n) is 1.27. The van der Waals surface area contributed by atoms with Crippen LogP contribution < -0.4 is 10.5 Å². The van der Waals surface area contributed by atoms with Gasteiger partial charge in [-0.1, -0.05) is 19.1 Å². The van der Waals surface area contributed by atoms with E-state index in [1.807, 2.05) is 12.1 Å². The van der Waals surface area contributed by atoms with Gasteiger partial charge in [-0.05, 0) is 37.5 Å². The molecule has 78 valence electrons. The molecular weight excluding hydrogens is 174 g/mol. The first-order chi connectivity index (χ1) is 6.67. The fraction of sp³-hybridized carbons (Fsp3) is 0.500. The Kier molecular flexibility index (Phi) is 3.96. The number of ether oxygens (including phenoxy) is 1. The van der Waals surface area contributed by atoms with Crippen molar-refractivity contribution in [3.8, 4) is 5.75 Å².